The Kier molecular flexibility index (Phi) is 7.52. The molecular weight excluding hydrogens is 314 g/mol. The molecule has 0 saturated heterocycles. The highest BCUT2D eigenvalue weighted by molar-refractivity contribution is 5.94. The highest BCUT2D eigenvalue weighted by atomic mass is 35.5. The van der Waals surface area contributed by atoms with E-state index in [4.69, 9.17) is 5.73 Å². The molecule has 1 aliphatic carbocycles. The molecule has 1 aromatic rings. The number of carbonyl (C=O) groups is 2. The lowest BCUT2D eigenvalue weighted by atomic mass is 9.98. The quantitative estimate of drug-likeness (QED) is 0.742. The first kappa shape index (κ1) is 19.5. The number of carbonyl (C=O) groups excluding carboxylic acids is 2. The van der Waals surface area contributed by atoms with E-state index in [-0.39, 0.29) is 24.2 Å². The van der Waals surface area contributed by atoms with Crippen LogP contribution in [0.25, 0.3) is 0 Å². The van der Waals surface area contributed by atoms with Crippen LogP contribution in [0, 0.1) is 0 Å². The van der Waals surface area contributed by atoms with E-state index in [1.165, 1.54) is 0 Å². The second kappa shape index (κ2) is 8.89. The molecule has 1 fully saturated rings. The van der Waals surface area contributed by atoms with Crippen LogP contribution in [0.3, 0.4) is 0 Å². The Hall–Kier alpha value is -1.59. The zero-order valence-corrected chi connectivity index (χ0v) is 14.4. The Morgan fingerprint density at radius 3 is 2.57 bits per heavy atom. The molecule has 0 aliphatic heterocycles. The van der Waals surface area contributed by atoms with Gasteiger partial charge in [-0.25, -0.2) is 0 Å². The Morgan fingerprint density at radius 1 is 1.22 bits per heavy atom. The standard InChI is InChI=1S/C17H25N3O2.ClH/c1-2-10-19-15(21)14-7-5-6-13(11-14)12-20-16(22)17(18)8-3-4-9-17;/h5-7,11H,2-4,8-10,12,18H2,1H3,(H,19,21)(H,20,22);1H. The fraction of sp³-hybridized carbons (Fsp3) is 0.529. The summed E-state index contributed by atoms with van der Waals surface area (Å²) in [6, 6.07) is 7.31. The minimum atomic E-state index is -0.712. The highest BCUT2D eigenvalue weighted by Crippen LogP contribution is 2.27. The number of benzene rings is 1. The minimum absolute atomic E-state index is 0. The minimum Gasteiger partial charge on any atom is -0.352 e. The fourth-order valence-corrected chi connectivity index (χ4v) is 2.75. The topological polar surface area (TPSA) is 84.2 Å². The first-order chi connectivity index (χ1) is 10.5. The van der Waals surface area contributed by atoms with Crippen molar-refractivity contribution in [3.05, 3.63) is 35.4 Å². The van der Waals surface area contributed by atoms with Crippen LogP contribution in [-0.2, 0) is 11.3 Å². The largest absolute Gasteiger partial charge is 0.352 e. The molecule has 2 amide bonds. The van der Waals surface area contributed by atoms with Gasteiger partial charge in [0.1, 0.15) is 0 Å². The third kappa shape index (κ3) is 5.22. The molecule has 0 heterocycles. The van der Waals surface area contributed by atoms with Crippen molar-refractivity contribution in [3.63, 3.8) is 0 Å². The SMILES string of the molecule is CCCNC(=O)c1cccc(CNC(=O)C2(N)CCCC2)c1.Cl. The Labute approximate surface area is 143 Å². The smallest absolute Gasteiger partial charge is 0.251 e. The summed E-state index contributed by atoms with van der Waals surface area (Å²) in [7, 11) is 0. The number of hydrogen-bond donors (Lipinski definition) is 3. The second-order valence-electron chi connectivity index (χ2n) is 6.00. The Balaban J connectivity index is 0.00000264. The average Bonchev–Trinajstić information content (AvgIpc) is 2.98. The lowest BCUT2D eigenvalue weighted by molar-refractivity contribution is -0.126. The van der Waals surface area contributed by atoms with E-state index in [2.05, 4.69) is 10.6 Å². The summed E-state index contributed by atoms with van der Waals surface area (Å²) in [5, 5.41) is 5.74. The molecule has 0 aromatic heterocycles. The van der Waals surface area contributed by atoms with Crippen LogP contribution in [0.4, 0.5) is 0 Å². The van der Waals surface area contributed by atoms with Crippen molar-refractivity contribution in [3.8, 4) is 0 Å². The predicted molar refractivity (Wildman–Crippen MR) is 93.5 cm³/mol. The molecule has 0 spiro atoms. The maximum absolute atomic E-state index is 12.2. The molecule has 0 bridgehead atoms. The molecule has 1 aliphatic rings. The van der Waals surface area contributed by atoms with E-state index in [1.54, 1.807) is 6.07 Å². The van der Waals surface area contributed by atoms with Crippen LogP contribution in [-0.4, -0.2) is 23.9 Å². The predicted octanol–water partition coefficient (Wildman–Crippen LogP) is 2.14. The van der Waals surface area contributed by atoms with Crippen molar-refractivity contribution in [1.82, 2.24) is 10.6 Å². The lowest BCUT2D eigenvalue weighted by Crippen LogP contribution is -2.51. The molecule has 4 N–H and O–H groups in total. The summed E-state index contributed by atoms with van der Waals surface area (Å²) in [6.07, 6.45) is 4.42. The van der Waals surface area contributed by atoms with Gasteiger partial charge in [0.25, 0.3) is 5.91 Å². The summed E-state index contributed by atoms with van der Waals surface area (Å²) in [5.41, 5.74) is 6.93. The molecular formula is C17H26ClN3O2. The first-order valence-corrected chi connectivity index (χ1v) is 7.99. The van der Waals surface area contributed by atoms with E-state index < -0.39 is 5.54 Å². The molecule has 1 saturated carbocycles. The summed E-state index contributed by atoms with van der Waals surface area (Å²) in [4.78, 5) is 24.1. The normalized spacial score (nSPS) is 15.6. The van der Waals surface area contributed by atoms with Crippen molar-refractivity contribution in [2.45, 2.75) is 51.1 Å². The van der Waals surface area contributed by atoms with Gasteiger partial charge in [0.15, 0.2) is 0 Å². The first-order valence-electron chi connectivity index (χ1n) is 7.99. The van der Waals surface area contributed by atoms with Crippen molar-refractivity contribution < 1.29 is 9.59 Å². The average molecular weight is 340 g/mol. The molecule has 23 heavy (non-hydrogen) atoms. The molecule has 5 nitrogen and oxygen atoms in total. The second-order valence-corrected chi connectivity index (χ2v) is 6.00. The van der Waals surface area contributed by atoms with Crippen molar-refractivity contribution in [2.24, 2.45) is 5.73 Å². The Bertz CT molecular complexity index is 542. The molecule has 0 radical (unpaired) electrons. The van der Waals surface area contributed by atoms with Crippen LogP contribution < -0.4 is 16.4 Å². The van der Waals surface area contributed by atoms with Crippen LogP contribution in [0.1, 0.15) is 54.9 Å². The van der Waals surface area contributed by atoms with Crippen molar-refractivity contribution in [1.29, 1.82) is 0 Å². The van der Waals surface area contributed by atoms with Gasteiger partial charge < -0.3 is 16.4 Å². The fourth-order valence-electron chi connectivity index (χ4n) is 2.75. The van der Waals surface area contributed by atoms with Gasteiger partial charge in [-0.2, -0.15) is 0 Å². The van der Waals surface area contributed by atoms with Gasteiger partial charge in [0.2, 0.25) is 5.91 Å². The van der Waals surface area contributed by atoms with E-state index in [0.717, 1.165) is 37.7 Å². The van der Waals surface area contributed by atoms with E-state index in [0.29, 0.717) is 18.7 Å². The number of nitrogens with one attached hydrogen (secondary N) is 2. The molecule has 6 heteroatoms. The third-order valence-electron chi connectivity index (χ3n) is 4.13. The van der Waals surface area contributed by atoms with Gasteiger partial charge in [0, 0.05) is 18.7 Å². The van der Waals surface area contributed by atoms with Crippen molar-refractivity contribution >= 4 is 24.2 Å². The van der Waals surface area contributed by atoms with Gasteiger partial charge in [0.05, 0.1) is 5.54 Å². The summed E-state index contributed by atoms with van der Waals surface area (Å²) in [6.45, 7) is 3.07. The number of amides is 2. The third-order valence-corrected chi connectivity index (χ3v) is 4.13. The molecule has 0 atom stereocenters. The zero-order valence-electron chi connectivity index (χ0n) is 13.6. The van der Waals surface area contributed by atoms with Crippen molar-refractivity contribution in [2.75, 3.05) is 6.54 Å². The van der Waals surface area contributed by atoms with Gasteiger partial charge >= 0.3 is 0 Å². The maximum atomic E-state index is 12.2. The maximum Gasteiger partial charge on any atom is 0.251 e. The number of rotatable bonds is 6. The van der Waals surface area contributed by atoms with Gasteiger partial charge in [-0.3, -0.25) is 9.59 Å². The summed E-state index contributed by atoms with van der Waals surface area (Å²) < 4.78 is 0. The molecule has 0 unspecified atom stereocenters. The van der Waals surface area contributed by atoms with E-state index >= 15 is 0 Å². The summed E-state index contributed by atoms with van der Waals surface area (Å²) in [5.74, 6) is -0.174. The van der Waals surface area contributed by atoms with E-state index in [9.17, 15) is 9.59 Å². The monoisotopic (exact) mass is 339 g/mol. The summed E-state index contributed by atoms with van der Waals surface area (Å²) >= 11 is 0. The van der Waals surface area contributed by atoms with Crippen LogP contribution in [0.5, 0.6) is 0 Å². The Morgan fingerprint density at radius 2 is 1.91 bits per heavy atom. The molecule has 2 rings (SSSR count). The number of nitrogens with two attached hydrogens (primary N) is 1. The van der Waals surface area contributed by atoms with Crippen LogP contribution >= 0.6 is 12.4 Å². The van der Waals surface area contributed by atoms with Gasteiger partial charge in [-0.15, -0.1) is 12.4 Å². The highest BCUT2D eigenvalue weighted by Gasteiger charge is 2.36. The molecule has 1 aromatic carbocycles. The number of halogens is 1. The lowest BCUT2D eigenvalue weighted by Gasteiger charge is -2.22. The van der Waals surface area contributed by atoms with E-state index in [1.807, 2.05) is 25.1 Å². The number of hydrogen-bond acceptors (Lipinski definition) is 3. The van der Waals surface area contributed by atoms with Gasteiger partial charge in [-0.05, 0) is 37.0 Å². The van der Waals surface area contributed by atoms with Gasteiger partial charge in [-0.1, -0.05) is 31.9 Å². The van der Waals surface area contributed by atoms with Crippen LogP contribution in [0.2, 0.25) is 0 Å². The zero-order chi connectivity index (χ0) is 16.0. The molecule has 128 valence electrons. The van der Waals surface area contributed by atoms with Crippen LogP contribution in [0.15, 0.2) is 24.3 Å².